The molecule has 0 saturated heterocycles. The van der Waals surface area contributed by atoms with E-state index in [4.69, 9.17) is 4.74 Å². The van der Waals surface area contributed by atoms with Gasteiger partial charge in [-0.3, -0.25) is 0 Å². The second kappa shape index (κ2) is 8.46. The minimum Gasteiger partial charge on any atom is -0.465 e. The van der Waals surface area contributed by atoms with E-state index < -0.39 is 0 Å². The molecule has 0 atom stereocenters. The van der Waals surface area contributed by atoms with Crippen molar-refractivity contribution in [3.05, 3.63) is 64.1 Å². The monoisotopic (exact) mass is 393 g/mol. The maximum absolute atomic E-state index is 12.6. The van der Waals surface area contributed by atoms with Crippen LogP contribution in [-0.2, 0) is 4.74 Å². The number of thiophene rings is 1. The summed E-state index contributed by atoms with van der Waals surface area (Å²) in [7, 11) is 3.66. The first-order valence-electron chi connectivity index (χ1n) is 10.1. The van der Waals surface area contributed by atoms with Gasteiger partial charge < -0.3 is 9.64 Å². The van der Waals surface area contributed by atoms with Crippen LogP contribution in [0.2, 0.25) is 0 Å². The standard InChI is InChI=1S/C24H27NO2S/c1-25-14-13-19(21(16-25)17-9-5-3-6-10-17)20-15-22(18-11-7-4-8-12-18)28-23(20)24(26)27-2/h4,7-9,11-12,15H,3,5-6,10,13-14,16H2,1-2H3. The fourth-order valence-corrected chi connectivity index (χ4v) is 5.32. The number of rotatable bonds is 4. The summed E-state index contributed by atoms with van der Waals surface area (Å²) in [5.41, 5.74) is 6.47. The molecule has 0 radical (unpaired) electrons. The zero-order valence-corrected chi connectivity index (χ0v) is 17.5. The van der Waals surface area contributed by atoms with E-state index >= 15 is 0 Å². The van der Waals surface area contributed by atoms with Gasteiger partial charge in [-0.2, -0.15) is 0 Å². The third-order valence-electron chi connectivity index (χ3n) is 5.70. The van der Waals surface area contributed by atoms with E-state index in [9.17, 15) is 4.79 Å². The van der Waals surface area contributed by atoms with Gasteiger partial charge in [0.25, 0.3) is 0 Å². The number of benzene rings is 1. The lowest BCUT2D eigenvalue weighted by molar-refractivity contribution is 0.0606. The number of carbonyl (C=O) groups excluding carboxylic acids is 1. The lowest BCUT2D eigenvalue weighted by Gasteiger charge is -2.30. The van der Waals surface area contributed by atoms with E-state index in [0.717, 1.165) is 46.8 Å². The molecule has 4 heteroatoms. The van der Waals surface area contributed by atoms with Gasteiger partial charge >= 0.3 is 5.97 Å². The Bertz CT molecular complexity index is 923. The van der Waals surface area contributed by atoms with Gasteiger partial charge in [-0.05, 0) is 67.5 Å². The van der Waals surface area contributed by atoms with Crippen molar-refractivity contribution in [2.75, 3.05) is 27.2 Å². The summed E-state index contributed by atoms with van der Waals surface area (Å²) in [6.07, 6.45) is 8.24. The summed E-state index contributed by atoms with van der Waals surface area (Å²) in [5, 5.41) is 0. The minimum atomic E-state index is -0.231. The van der Waals surface area contributed by atoms with Crippen LogP contribution in [0, 0.1) is 0 Å². The highest BCUT2D eigenvalue weighted by Crippen LogP contribution is 2.41. The number of hydrogen-bond donors (Lipinski definition) is 0. The fraction of sp³-hybridized carbons (Fsp3) is 0.375. The summed E-state index contributed by atoms with van der Waals surface area (Å²) in [5.74, 6) is -0.231. The average Bonchev–Trinajstić information content (AvgIpc) is 3.19. The van der Waals surface area contributed by atoms with E-state index in [1.165, 1.54) is 43.1 Å². The number of hydrogen-bond acceptors (Lipinski definition) is 4. The molecule has 1 aromatic heterocycles. The number of likely N-dealkylation sites (N-methyl/N-ethyl adjacent to an activating group) is 1. The quantitative estimate of drug-likeness (QED) is 0.616. The molecule has 0 fully saturated rings. The molecule has 1 aromatic carbocycles. The van der Waals surface area contributed by atoms with E-state index in [1.54, 1.807) is 11.3 Å². The lowest BCUT2D eigenvalue weighted by Crippen LogP contribution is -2.28. The molecular weight excluding hydrogens is 366 g/mol. The fourth-order valence-electron chi connectivity index (χ4n) is 4.21. The predicted molar refractivity (Wildman–Crippen MR) is 117 cm³/mol. The van der Waals surface area contributed by atoms with Crippen LogP contribution in [0.25, 0.3) is 16.0 Å². The van der Waals surface area contributed by atoms with Crippen molar-refractivity contribution < 1.29 is 9.53 Å². The molecule has 0 unspecified atom stereocenters. The van der Waals surface area contributed by atoms with Crippen molar-refractivity contribution >= 4 is 22.9 Å². The molecule has 0 bridgehead atoms. The molecule has 2 aliphatic rings. The van der Waals surface area contributed by atoms with Crippen LogP contribution in [0.4, 0.5) is 0 Å². The second-order valence-electron chi connectivity index (χ2n) is 7.63. The number of methoxy groups -OCH3 is 1. The van der Waals surface area contributed by atoms with Crippen LogP contribution < -0.4 is 0 Å². The van der Waals surface area contributed by atoms with Crippen LogP contribution >= 0.6 is 11.3 Å². The van der Waals surface area contributed by atoms with Crippen molar-refractivity contribution in [3.63, 3.8) is 0 Å². The van der Waals surface area contributed by atoms with Crippen LogP contribution in [0.5, 0.6) is 0 Å². The molecule has 0 amide bonds. The topological polar surface area (TPSA) is 29.5 Å². The molecular formula is C24H27NO2S. The SMILES string of the molecule is COC(=O)c1sc(-c2ccccc2)cc1C1=C(C2=CCCCC2)CN(C)CC1. The Kier molecular flexibility index (Phi) is 5.79. The normalized spacial score (nSPS) is 18.1. The highest BCUT2D eigenvalue weighted by molar-refractivity contribution is 7.17. The molecule has 2 heterocycles. The van der Waals surface area contributed by atoms with Crippen molar-refractivity contribution in [1.82, 2.24) is 4.90 Å². The van der Waals surface area contributed by atoms with Crippen LogP contribution in [0.15, 0.2) is 53.6 Å². The molecule has 146 valence electrons. The summed E-state index contributed by atoms with van der Waals surface area (Å²) < 4.78 is 5.14. The van der Waals surface area contributed by atoms with Crippen LogP contribution in [0.1, 0.15) is 47.3 Å². The molecule has 28 heavy (non-hydrogen) atoms. The first-order valence-corrected chi connectivity index (χ1v) is 10.9. The van der Waals surface area contributed by atoms with Crippen molar-refractivity contribution in [2.24, 2.45) is 0 Å². The second-order valence-corrected chi connectivity index (χ2v) is 8.68. The summed E-state index contributed by atoms with van der Waals surface area (Å²) in [6, 6.07) is 12.5. The third-order valence-corrected chi connectivity index (χ3v) is 6.86. The van der Waals surface area contributed by atoms with Gasteiger partial charge in [0.1, 0.15) is 4.88 Å². The smallest absolute Gasteiger partial charge is 0.348 e. The Hall–Kier alpha value is -2.17. The molecule has 4 rings (SSSR count). The van der Waals surface area contributed by atoms with Crippen molar-refractivity contribution in [1.29, 1.82) is 0 Å². The summed E-state index contributed by atoms with van der Waals surface area (Å²) in [6.45, 7) is 1.97. The third kappa shape index (κ3) is 3.85. The zero-order chi connectivity index (χ0) is 19.5. The molecule has 0 spiro atoms. The lowest BCUT2D eigenvalue weighted by atomic mass is 9.85. The highest BCUT2D eigenvalue weighted by Gasteiger charge is 2.27. The Morgan fingerprint density at radius 1 is 1.11 bits per heavy atom. The minimum absolute atomic E-state index is 0.231. The average molecular weight is 394 g/mol. The molecule has 0 N–H and O–H groups in total. The maximum atomic E-state index is 12.6. The first kappa shape index (κ1) is 19.2. The summed E-state index contributed by atoms with van der Waals surface area (Å²) >= 11 is 1.55. The summed E-state index contributed by atoms with van der Waals surface area (Å²) in [4.78, 5) is 16.9. The molecule has 0 saturated carbocycles. The number of allylic oxidation sites excluding steroid dienone is 1. The van der Waals surface area contributed by atoms with Gasteiger partial charge in [-0.1, -0.05) is 36.4 Å². The Balaban J connectivity index is 1.86. The predicted octanol–water partition coefficient (Wildman–Crippen LogP) is 5.79. The first-order chi connectivity index (χ1) is 13.7. The Morgan fingerprint density at radius 3 is 2.64 bits per heavy atom. The zero-order valence-electron chi connectivity index (χ0n) is 16.7. The van der Waals surface area contributed by atoms with Crippen LogP contribution in [0.3, 0.4) is 0 Å². The van der Waals surface area contributed by atoms with Crippen LogP contribution in [-0.4, -0.2) is 38.1 Å². The van der Waals surface area contributed by atoms with Gasteiger partial charge in [0, 0.05) is 23.5 Å². The number of nitrogens with zero attached hydrogens (tertiary/aromatic N) is 1. The van der Waals surface area contributed by atoms with E-state index in [-0.39, 0.29) is 5.97 Å². The van der Waals surface area contributed by atoms with E-state index in [2.05, 4.69) is 36.2 Å². The van der Waals surface area contributed by atoms with Crippen molar-refractivity contribution in [3.8, 4) is 10.4 Å². The van der Waals surface area contributed by atoms with E-state index in [0.29, 0.717) is 0 Å². The largest absolute Gasteiger partial charge is 0.465 e. The number of esters is 1. The van der Waals surface area contributed by atoms with Gasteiger partial charge in [-0.15, -0.1) is 11.3 Å². The molecule has 1 aliphatic carbocycles. The maximum Gasteiger partial charge on any atom is 0.348 e. The molecule has 3 nitrogen and oxygen atoms in total. The van der Waals surface area contributed by atoms with Gasteiger partial charge in [0.05, 0.1) is 7.11 Å². The molecule has 2 aromatic rings. The molecule has 1 aliphatic heterocycles. The number of ether oxygens (including phenoxy) is 1. The van der Waals surface area contributed by atoms with Gasteiger partial charge in [0.15, 0.2) is 0 Å². The van der Waals surface area contributed by atoms with E-state index in [1.807, 2.05) is 18.2 Å². The van der Waals surface area contributed by atoms with Gasteiger partial charge in [0.2, 0.25) is 0 Å². The highest BCUT2D eigenvalue weighted by atomic mass is 32.1. The number of carbonyl (C=O) groups is 1. The van der Waals surface area contributed by atoms with Gasteiger partial charge in [-0.25, -0.2) is 4.79 Å². The Morgan fingerprint density at radius 2 is 1.93 bits per heavy atom. The van der Waals surface area contributed by atoms with Crippen molar-refractivity contribution in [2.45, 2.75) is 32.1 Å². The Labute approximate surface area is 171 Å².